The molecule has 1 saturated heterocycles. The van der Waals surface area contributed by atoms with Gasteiger partial charge in [-0.3, -0.25) is 9.69 Å². The van der Waals surface area contributed by atoms with Gasteiger partial charge in [-0.1, -0.05) is 13.0 Å². The van der Waals surface area contributed by atoms with Gasteiger partial charge < -0.3 is 10.6 Å². The summed E-state index contributed by atoms with van der Waals surface area (Å²) in [4.78, 5) is 14.2. The van der Waals surface area contributed by atoms with Crippen LogP contribution in [-0.4, -0.2) is 43.0 Å². The Balaban J connectivity index is 1.78. The van der Waals surface area contributed by atoms with Crippen molar-refractivity contribution in [1.29, 1.82) is 0 Å². The van der Waals surface area contributed by atoms with E-state index >= 15 is 0 Å². The van der Waals surface area contributed by atoms with Crippen molar-refractivity contribution >= 4 is 11.6 Å². The first kappa shape index (κ1) is 14.9. The number of nitrogens with one attached hydrogen (secondary N) is 2. The van der Waals surface area contributed by atoms with E-state index in [0.717, 1.165) is 32.6 Å². The molecule has 1 aromatic carbocycles. The predicted octanol–water partition coefficient (Wildman–Crippen LogP) is 1.84. The number of carbonyl (C=O) groups is 1. The van der Waals surface area contributed by atoms with Crippen LogP contribution in [0.25, 0.3) is 0 Å². The quantitative estimate of drug-likeness (QED) is 0.800. The molecule has 0 saturated carbocycles. The molecule has 0 spiro atoms. The van der Waals surface area contributed by atoms with Crippen LogP contribution in [0.1, 0.15) is 19.8 Å². The molecule has 1 aliphatic heterocycles. The SMILES string of the molecule is CCCN(CCC(=O)Nc1cccc(F)c1)C1CNC1. The monoisotopic (exact) mass is 279 g/mol. The van der Waals surface area contributed by atoms with Crippen LogP contribution in [0.2, 0.25) is 0 Å². The minimum Gasteiger partial charge on any atom is -0.326 e. The topological polar surface area (TPSA) is 44.4 Å². The highest BCUT2D eigenvalue weighted by Gasteiger charge is 2.23. The van der Waals surface area contributed by atoms with Gasteiger partial charge in [-0.2, -0.15) is 0 Å². The summed E-state index contributed by atoms with van der Waals surface area (Å²) in [6.45, 7) is 5.92. The van der Waals surface area contributed by atoms with E-state index in [1.165, 1.54) is 12.1 Å². The molecular formula is C15H22FN3O. The van der Waals surface area contributed by atoms with Crippen molar-refractivity contribution in [2.75, 3.05) is 31.5 Å². The first-order chi connectivity index (χ1) is 9.69. The van der Waals surface area contributed by atoms with Crippen LogP contribution in [0.3, 0.4) is 0 Å². The third-order valence-electron chi connectivity index (χ3n) is 3.52. The number of hydrogen-bond acceptors (Lipinski definition) is 3. The fraction of sp³-hybridized carbons (Fsp3) is 0.533. The molecule has 4 nitrogen and oxygen atoms in total. The average molecular weight is 279 g/mol. The van der Waals surface area contributed by atoms with Crippen LogP contribution >= 0.6 is 0 Å². The first-order valence-electron chi connectivity index (χ1n) is 7.19. The van der Waals surface area contributed by atoms with Gasteiger partial charge in [0.2, 0.25) is 5.91 Å². The summed E-state index contributed by atoms with van der Waals surface area (Å²) in [5.74, 6) is -0.403. The zero-order valence-electron chi connectivity index (χ0n) is 11.9. The molecule has 0 atom stereocenters. The molecule has 0 unspecified atom stereocenters. The van der Waals surface area contributed by atoms with E-state index in [1.807, 2.05) is 0 Å². The standard InChI is InChI=1S/C15H22FN3O/c1-2-7-19(14-10-17-11-14)8-6-15(20)18-13-5-3-4-12(16)9-13/h3-5,9,14,17H,2,6-8,10-11H2,1H3,(H,18,20). The zero-order chi connectivity index (χ0) is 14.4. The largest absolute Gasteiger partial charge is 0.326 e. The van der Waals surface area contributed by atoms with Crippen molar-refractivity contribution in [2.24, 2.45) is 0 Å². The number of hydrogen-bond donors (Lipinski definition) is 2. The van der Waals surface area contributed by atoms with Gasteiger partial charge in [0.15, 0.2) is 0 Å². The lowest BCUT2D eigenvalue weighted by molar-refractivity contribution is -0.116. The normalized spacial score (nSPS) is 15.2. The first-order valence-corrected chi connectivity index (χ1v) is 7.19. The summed E-state index contributed by atoms with van der Waals surface area (Å²) in [7, 11) is 0. The second-order valence-electron chi connectivity index (χ2n) is 5.16. The van der Waals surface area contributed by atoms with E-state index < -0.39 is 0 Å². The maximum atomic E-state index is 13.0. The molecule has 0 aromatic heterocycles. The Labute approximate surface area is 119 Å². The van der Waals surface area contributed by atoms with Gasteiger partial charge in [-0.25, -0.2) is 4.39 Å². The van der Waals surface area contributed by atoms with Crippen LogP contribution in [0.4, 0.5) is 10.1 Å². The van der Waals surface area contributed by atoms with Crippen molar-refractivity contribution in [3.05, 3.63) is 30.1 Å². The van der Waals surface area contributed by atoms with Gasteiger partial charge in [0.1, 0.15) is 5.82 Å². The number of anilines is 1. The van der Waals surface area contributed by atoms with Crippen molar-refractivity contribution in [2.45, 2.75) is 25.8 Å². The fourth-order valence-corrected chi connectivity index (χ4v) is 2.33. The molecule has 0 radical (unpaired) electrons. The van der Waals surface area contributed by atoms with Crippen LogP contribution in [0, 0.1) is 5.82 Å². The summed E-state index contributed by atoms with van der Waals surface area (Å²) in [5, 5.41) is 5.98. The maximum Gasteiger partial charge on any atom is 0.225 e. The van der Waals surface area contributed by atoms with Crippen LogP contribution in [0.15, 0.2) is 24.3 Å². The minimum atomic E-state index is -0.337. The molecule has 1 aromatic rings. The van der Waals surface area contributed by atoms with Gasteiger partial charge in [0, 0.05) is 37.8 Å². The van der Waals surface area contributed by atoms with E-state index in [2.05, 4.69) is 22.5 Å². The number of amides is 1. The highest BCUT2D eigenvalue weighted by atomic mass is 19.1. The number of nitrogens with zero attached hydrogens (tertiary/aromatic N) is 1. The summed E-state index contributed by atoms with van der Waals surface area (Å²) in [5.41, 5.74) is 0.516. The third kappa shape index (κ3) is 4.28. The molecule has 110 valence electrons. The number of carbonyl (C=O) groups excluding carboxylic acids is 1. The second kappa shape index (κ2) is 7.36. The number of rotatable bonds is 7. The Hall–Kier alpha value is -1.46. The smallest absolute Gasteiger partial charge is 0.225 e. The lowest BCUT2D eigenvalue weighted by Crippen LogP contribution is -2.57. The lowest BCUT2D eigenvalue weighted by atomic mass is 10.1. The van der Waals surface area contributed by atoms with Crippen molar-refractivity contribution < 1.29 is 9.18 Å². The van der Waals surface area contributed by atoms with Gasteiger partial charge in [0.05, 0.1) is 0 Å². The van der Waals surface area contributed by atoms with Crippen molar-refractivity contribution in [3.8, 4) is 0 Å². The lowest BCUT2D eigenvalue weighted by Gasteiger charge is -2.38. The summed E-state index contributed by atoms with van der Waals surface area (Å²) < 4.78 is 13.0. The van der Waals surface area contributed by atoms with Gasteiger partial charge in [-0.05, 0) is 31.2 Å². The van der Waals surface area contributed by atoms with Gasteiger partial charge in [0.25, 0.3) is 0 Å². The highest BCUT2D eigenvalue weighted by molar-refractivity contribution is 5.90. The van der Waals surface area contributed by atoms with Crippen molar-refractivity contribution in [1.82, 2.24) is 10.2 Å². The molecule has 0 aliphatic carbocycles. The molecule has 1 fully saturated rings. The van der Waals surface area contributed by atoms with Crippen LogP contribution in [0.5, 0.6) is 0 Å². The Morgan fingerprint density at radius 2 is 2.25 bits per heavy atom. The molecule has 2 rings (SSSR count). The van der Waals surface area contributed by atoms with Crippen molar-refractivity contribution in [3.63, 3.8) is 0 Å². The van der Waals surface area contributed by atoms with E-state index in [0.29, 0.717) is 18.2 Å². The Bertz CT molecular complexity index is 448. The molecule has 1 heterocycles. The summed E-state index contributed by atoms with van der Waals surface area (Å²) in [6, 6.07) is 6.53. The summed E-state index contributed by atoms with van der Waals surface area (Å²) in [6.07, 6.45) is 1.52. The second-order valence-corrected chi connectivity index (χ2v) is 5.16. The molecule has 2 N–H and O–H groups in total. The number of benzene rings is 1. The predicted molar refractivity (Wildman–Crippen MR) is 78.2 cm³/mol. The Morgan fingerprint density at radius 1 is 1.45 bits per heavy atom. The molecule has 1 amide bonds. The molecule has 5 heteroatoms. The zero-order valence-corrected chi connectivity index (χ0v) is 11.9. The number of halogens is 1. The van der Waals surface area contributed by atoms with Crippen LogP contribution in [-0.2, 0) is 4.79 Å². The van der Waals surface area contributed by atoms with Crippen LogP contribution < -0.4 is 10.6 Å². The Kier molecular flexibility index (Phi) is 5.49. The maximum absolute atomic E-state index is 13.0. The van der Waals surface area contributed by atoms with E-state index in [-0.39, 0.29) is 11.7 Å². The molecule has 20 heavy (non-hydrogen) atoms. The molecular weight excluding hydrogens is 257 g/mol. The van der Waals surface area contributed by atoms with E-state index in [9.17, 15) is 9.18 Å². The average Bonchev–Trinajstić information content (AvgIpc) is 2.34. The van der Waals surface area contributed by atoms with E-state index in [1.54, 1.807) is 12.1 Å². The molecule has 0 bridgehead atoms. The third-order valence-corrected chi connectivity index (χ3v) is 3.52. The molecule has 1 aliphatic rings. The minimum absolute atomic E-state index is 0.0658. The van der Waals surface area contributed by atoms with E-state index in [4.69, 9.17) is 0 Å². The highest BCUT2D eigenvalue weighted by Crippen LogP contribution is 2.11. The van der Waals surface area contributed by atoms with Gasteiger partial charge in [-0.15, -0.1) is 0 Å². The van der Waals surface area contributed by atoms with Gasteiger partial charge >= 0.3 is 0 Å². The fourth-order valence-electron chi connectivity index (χ4n) is 2.33. The summed E-state index contributed by atoms with van der Waals surface area (Å²) >= 11 is 0. The Morgan fingerprint density at radius 3 is 2.85 bits per heavy atom.